The maximum atomic E-state index is 5.54. The minimum absolute atomic E-state index is 0.407. The van der Waals surface area contributed by atoms with E-state index in [0.29, 0.717) is 5.54 Å². The average molecular weight is 112 g/mol. The van der Waals surface area contributed by atoms with Crippen LogP contribution in [0.1, 0.15) is 12.8 Å². The first-order valence-electron chi connectivity index (χ1n) is 3.30. The van der Waals surface area contributed by atoms with Crippen molar-refractivity contribution in [1.29, 1.82) is 0 Å². The van der Waals surface area contributed by atoms with E-state index in [1.54, 1.807) is 0 Å². The SMILES string of the molecule is NCC12CC(CN1)C2. The molecule has 3 fully saturated rings. The van der Waals surface area contributed by atoms with Gasteiger partial charge in [0.15, 0.2) is 0 Å². The summed E-state index contributed by atoms with van der Waals surface area (Å²) < 4.78 is 0. The van der Waals surface area contributed by atoms with Gasteiger partial charge < -0.3 is 11.1 Å². The third-order valence-electron chi connectivity index (χ3n) is 2.52. The van der Waals surface area contributed by atoms with Gasteiger partial charge in [0.25, 0.3) is 0 Å². The quantitative estimate of drug-likeness (QED) is 0.488. The Kier molecular flexibility index (Phi) is 0.746. The van der Waals surface area contributed by atoms with Crippen molar-refractivity contribution in [3.63, 3.8) is 0 Å². The van der Waals surface area contributed by atoms with E-state index in [1.165, 1.54) is 19.4 Å². The van der Waals surface area contributed by atoms with Gasteiger partial charge in [0.1, 0.15) is 0 Å². The molecular weight excluding hydrogens is 100 g/mol. The molecule has 0 amide bonds. The lowest BCUT2D eigenvalue weighted by Gasteiger charge is -2.36. The van der Waals surface area contributed by atoms with Gasteiger partial charge in [0.05, 0.1) is 0 Å². The second-order valence-corrected chi connectivity index (χ2v) is 3.14. The fourth-order valence-electron chi connectivity index (χ4n) is 1.93. The molecule has 2 heteroatoms. The first-order chi connectivity index (χ1) is 3.85. The van der Waals surface area contributed by atoms with E-state index < -0.39 is 0 Å². The van der Waals surface area contributed by atoms with Crippen molar-refractivity contribution in [2.45, 2.75) is 18.4 Å². The van der Waals surface area contributed by atoms with Crippen molar-refractivity contribution in [3.05, 3.63) is 0 Å². The van der Waals surface area contributed by atoms with Crippen molar-refractivity contribution < 1.29 is 0 Å². The molecule has 0 atom stereocenters. The highest BCUT2D eigenvalue weighted by Crippen LogP contribution is 2.42. The minimum atomic E-state index is 0.407. The van der Waals surface area contributed by atoms with Crippen LogP contribution in [-0.2, 0) is 0 Å². The summed E-state index contributed by atoms with van der Waals surface area (Å²) in [4.78, 5) is 0. The van der Waals surface area contributed by atoms with Gasteiger partial charge in [-0.1, -0.05) is 0 Å². The topological polar surface area (TPSA) is 38.0 Å². The van der Waals surface area contributed by atoms with Crippen LogP contribution < -0.4 is 11.1 Å². The normalized spacial score (nSPS) is 51.4. The molecule has 0 spiro atoms. The number of fused-ring (bicyclic) bond motifs is 1. The Bertz CT molecular complexity index is 99.6. The fourth-order valence-corrected chi connectivity index (χ4v) is 1.93. The number of rotatable bonds is 1. The lowest BCUT2D eigenvalue weighted by atomic mass is 9.74. The third-order valence-corrected chi connectivity index (χ3v) is 2.52. The van der Waals surface area contributed by atoms with Crippen LogP contribution in [0.15, 0.2) is 0 Å². The zero-order chi connectivity index (χ0) is 5.61. The van der Waals surface area contributed by atoms with Crippen LogP contribution in [0.4, 0.5) is 0 Å². The van der Waals surface area contributed by atoms with Crippen LogP contribution in [0.2, 0.25) is 0 Å². The molecule has 1 saturated carbocycles. The molecule has 0 aromatic heterocycles. The summed E-state index contributed by atoms with van der Waals surface area (Å²) in [6.07, 6.45) is 2.67. The Morgan fingerprint density at radius 3 is 2.62 bits per heavy atom. The van der Waals surface area contributed by atoms with E-state index in [-0.39, 0.29) is 0 Å². The minimum Gasteiger partial charge on any atom is -0.329 e. The fraction of sp³-hybridized carbons (Fsp3) is 1.00. The second kappa shape index (κ2) is 1.25. The van der Waals surface area contributed by atoms with Gasteiger partial charge >= 0.3 is 0 Å². The molecule has 0 radical (unpaired) electrons. The molecule has 1 aliphatic carbocycles. The molecule has 0 unspecified atom stereocenters. The first kappa shape index (κ1) is 4.77. The molecule has 3 aliphatic rings. The lowest BCUT2D eigenvalue weighted by molar-refractivity contribution is 0.235. The largest absolute Gasteiger partial charge is 0.329 e. The predicted octanol–water partition coefficient (Wildman–Crippen LogP) is -0.303. The Labute approximate surface area is 49.4 Å². The van der Waals surface area contributed by atoms with Crippen LogP contribution in [0.3, 0.4) is 0 Å². The van der Waals surface area contributed by atoms with E-state index in [1.807, 2.05) is 0 Å². The van der Waals surface area contributed by atoms with Gasteiger partial charge in [-0.05, 0) is 25.3 Å². The maximum Gasteiger partial charge on any atom is 0.0310 e. The lowest BCUT2D eigenvalue weighted by Crippen LogP contribution is -2.49. The van der Waals surface area contributed by atoms with Gasteiger partial charge in [-0.3, -0.25) is 0 Å². The summed E-state index contributed by atoms with van der Waals surface area (Å²) in [5.74, 6) is 0.971. The molecule has 2 saturated heterocycles. The molecule has 8 heavy (non-hydrogen) atoms. The number of hydrogen-bond donors (Lipinski definition) is 2. The molecule has 46 valence electrons. The molecule has 2 aliphatic heterocycles. The van der Waals surface area contributed by atoms with E-state index in [9.17, 15) is 0 Å². The summed E-state index contributed by atoms with van der Waals surface area (Å²) in [7, 11) is 0. The highest BCUT2D eigenvalue weighted by atomic mass is 15.1. The van der Waals surface area contributed by atoms with Crippen LogP contribution in [0, 0.1) is 5.92 Å². The summed E-state index contributed by atoms with van der Waals surface area (Å²) in [6, 6.07) is 0. The Morgan fingerprint density at radius 2 is 2.38 bits per heavy atom. The summed E-state index contributed by atoms with van der Waals surface area (Å²) in [5.41, 5.74) is 5.95. The molecule has 0 aromatic carbocycles. The average Bonchev–Trinajstić information content (AvgIpc) is 2.17. The van der Waals surface area contributed by atoms with Crippen molar-refractivity contribution in [1.82, 2.24) is 5.32 Å². The van der Waals surface area contributed by atoms with Gasteiger partial charge in [-0.15, -0.1) is 0 Å². The third kappa shape index (κ3) is 0.400. The Morgan fingerprint density at radius 1 is 1.62 bits per heavy atom. The second-order valence-electron chi connectivity index (χ2n) is 3.14. The number of nitrogens with two attached hydrogens (primary N) is 1. The molecule has 2 bridgehead atoms. The van der Waals surface area contributed by atoms with Crippen molar-refractivity contribution in [3.8, 4) is 0 Å². The van der Waals surface area contributed by atoms with Crippen molar-refractivity contribution in [2.24, 2.45) is 11.7 Å². The molecule has 2 heterocycles. The van der Waals surface area contributed by atoms with Gasteiger partial charge in [0.2, 0.25) is 0 Å². The molecular formula is C6H12N2. The van der Waals surface area contributed by atoms with E-state index in [4.69, 9.17) is 5.73 Å². The highest BCUT2D eigenvalue weighted by molar-refractivity contribution is 5.08. The van der Waals surface area contributed by atoms with E-state index >= 15 is 0 Å². The zero-order valence-corrected chi connectivity index (χ0v) is 4.98. The number of nitrogens with one attached hydrogen (secondary N) is 1. The molecule has 3 rings (SSSR count). The van der Waals surface area contributed by atoms with Crippen molar-refractivity contribution >= 4 is 0 Å². The number of hydrogen-bond acceptors (Lipinski definition) is 2. The van der Waals surface area contributed by atoms with Crippen LogP contribution >= 0.6 is 0 Å². The van der Waals surface area contributed by atoms with E-state index in [2.05, 4.69) is 5.32 Å². The molecule has 3 N–H and O–H groups in total. The monoisotopic (exact) mass is 112 g/mol. The Hall–Kier alpha value is -0.0800. The zero-order valence-electron chi connectivity index (χ0n) is 4.98. The predicted molar refractivity (Wildman–Crippen MR) is 32.5 cm³/mol. The smallest absolute Gasteiger partial charge is 0.0310 e. The molecule has 0 aromatic rings. The Balaban J connectivity index is 2.09. The van der Waals surface area contributed by atoms with Crippen LogP contribution in [0.25, 0.3) is 0 Å². The standard InChI is InChI=1S/C6H12N2/c7-4-6-1-5(2-6)3-8-6/h5,8H,1-4,7H2. The van der Waals surface area contributed by atoms with E-state index in [0.717, 1.165) is 12.5 Å². The summed E-state index contributed by atoms with van der Waals surface area (Å²) in [6.45, 7) is 2.06. The summed E-state index contributed by atoms with van der Waals surface area (Å²) >= 11 is 0. The van der Waals surface area contributed by atoms with Crippen LogP contribution in [-0.4, -0.2) is 18.6 Å². The van der Waals surface area contributed by atoms with Gasteiger partial charge in [-0.2, -0.15) is 0 Å². The molecule has 2 nitrogen and oxygen atoms in total. The first-order valence-corrected chi connectivity index (χ1v) is 3.30. The highest BCUT2D eigenvalue weighted by Gasteiger charge is 2.48. The van der Waals surface area contributed by atoms with Gasteiger partial charge in [0, 0.05) is 12.1 Å². The summed E-state index contributed by atoms with van der Waals surface area (Å²) in [5, 5.41) is 3.43. The van der Waals surface area contributed by atoms with Crippen LogP contribution in [0.5, 0.6) is 0 Å². The van der Waals surface area contributed by atoms with Gasteiger partial charge in [-0.25, -0.2) is 0 Å². The maximum absolute atomic E-state index is 5.54. The van der Waals surface area contributed by atoms with Crippen molar-refractivity contribution in [2.75, 3.05) is 13.1 Å².